The molecule has 0 radical (unpaired) electrons. The Balaban J connectivity index is 1.76. The molecule has 0 bridgehead atoms. The molecule has 134 valence electrons. The van der Waals surface area contributed by atoms with E-state index in [2.05, 4.69) is 26.6 Å². The zero-order valence-electron chi connectivity index (χ0n) is 15.3. The van der Waals surface area contributed by atoms with Crippen molar-refractivity contribution in [1.82, 2.24) is 25.3 Å². The number of carbonyl (C=O) groups is 1. The van der Waals surface area contributed by atoms with Crippen LogP contribution < -0.4 is 10.1 Å². The predicted octanol–water partition coefficient (Wildman–Crippen LogP) is 2.53. The van der Waals surface area contributed by atoms with Crippen molar-refractivity contribution >= 4 is 5.91 Å². The Labute approximate surface area is 152 Å². The Kier molecular flexibility index (Phi) is 4.97. The van der Waals surface area contributed by atoms with E-state index in [0.717, 1.165) is 16.8 Å². The molecule has 0 spiro atoms. The fourth-order valence-electron chi connectivity index (χ4n) is 2.66. The van der Waals surface area contributed by atoms with Gasteiger partial charge in [-0.2, -0.15) is 9.90 Å². The van der Waals surface area contributed by atoms with Crippen LogP contribution in [0, 0.1) is 20.8 Å². The van der Waals surface area contributed by atoms with Crippen molar-refractivity contribution in [2.45, 2.75) is 27.3 Å². The Bertz CT molecular complexity index is 949. The van der Waals surface area contributed by atoms with Crippen LogP contribution in [0.1, 0.15) is 32.9 Å². The number of aryl methyl sites for hydroxylation is 3. The lowest BCUT2D eigenvalue weighted by molar-refractivity contribution is 0.0945. The fourth-order valence-corrected chi connectivity index (χ4v) is 2.66. The number of pyridine rings is 1. The minimum atomic E-state index is -0.269. The highest BCUT2D eigenvalue weighted by Crippen LogP contribution is 2.15. The number of hydrogen-bond donors (Lipinski definition) is 1. The number of aromatic nitrogens is 4. The number of methoxy groups -OCH3 is 1. The predicted molar refractivity (Wildman–Crippen MR) is 97.5 cm³/mol. The Morgan fingerprint density at radius 1 is 1.15 bits per heavy atom. The molecule has 0 saturated heterocycles. The third kappa shape index (κ3) is 3.72. The van der Waals surface area contributed by atoms with Gasteiger partial charge < -0.3 is 10.1 Å². The van der Waals surface area contributed by atoms with Crippen molar-refractivity contribution in [2.24, 2.45) is 0 Å². The van der Waals surface area contributed by atoms with Crippen LogP contribution in [-0.2, 0) is 6.54 Å². The fraction of sp³-hybridized carbons (Fsp3) is 0.263. The number of rotatable bonds is 5. The summed E-state index contributed by atoms with van der Waals surface area (Å²) in [7, 11) is 1.55. The molecule has 1 aromatic carbocycles. The zero-order chi connectivity index (χ0) is 18.7. The normalized spacial score (nSPS) is 10.6. The number of nitrogens with zero attached hydrogens (tertiary/aromatic N) is 4. The summed E-state index contributed by atoms with van der Waals surface area (Å²) in [5.41, 5.74) is 4.86. The van der Waals surface area contributed by atoms with Gasteiger partial charge in [-0.05, 0) is 44.0 Å². The molecule has 7 heteroatoms. The highest BCUT2D eigenvalue weighted by Gasteiger charge is 2.17. The van der Waals surface area contributed by atoms with Crippen LogP contribution in [0.5, 0.6) is 5.88 Å². The Morgan fingerprint density at radius 3 is 2.69 bits per heavy atom. The lowest BCUT2D eigenvalue weighted by Crippen LogP contribution is -2.24. The van der Waals surface area contributed by atoms with E-state index in [4.69, 9.17) is 4.74 Å². The topological polar surface area (TPSA) is 81.9 Å². The summed E-state index contributed by atoms with van der Waals surface area (Å²) in [4.78, 5) is 18.1. The van der Waals surface area contributed by atoms with E-state index in [-0.39, 0.29) is 5.91 Å². The van der Waals surface area contributed by atoms with Gasteiger partial charge in [-0.1, -0.05) is 17.7 Å². The standard InChI is InChI=1S/C19H21N5O2/c1-12-5-6-16(13(2)9-12)24-22-14(3)18(23-24)19(25)21-11-15-7-8-20-17(10-15)26-4/h5-10H,11H2,1-4H3,(H,21,25). The minimum absolute atomic E-state index is 0.269. The highest BCUT2D eigenvalue weighted by atomic mass is 16.5. The van der Waals surface area contributed by atoms with Gasteiger partial charge in [0.2, 0.25) is 5.88 Å². The van der Waals surface area contributed by atoms with Crippen molar-refractivity contribution in [3.8, 4) is 11.6 Å². The molecule has 1 N–H and O–H groups in total. The number of carbonyl (C=O) groups excluding carboxylic acids is 1. The van der Waals surface area contributed by atoms with Crippen LogP contribution >= 0.6 is 0 Å². The smallest absolute Gasteiger partial charge is 0.274 e. The van der Waals surface area contributed by atoms with Gasteiger partial charge in [-0.15, -0.1) is 5.10 Å². The maximum atomic E-state index is 12.5. The van der Waals surface area contributed by atoms with Crippen LogP contribution in [0.25, 0.3) is 5.69 Å². The molecule has 1 amide bonds. The molecule has 2 heterocycles. The molecule has 0 aliphatic heterocycles. The van der Waals surface area contributed by atoms with E-state index in [0.29, 0.717) is 23.8 Å². The van der Waals surface area contributed by atoms with E-state index in [1.807, 2.05) is 32.0 Å². The van der Waals surface area contributed by atoms with E-state index in [9.17, 15) is 4.79 Å². The molecule has 0 unspecified atom stereocenters. The van der Waals surface area contributed by atoms with Crippen molar-refractivity contribution in [2.75, 3.05) is 7.11 Å². The molecule has 0 aliphatic rings. The van der Waals surface area contributed by atoms with E-state index in [1.54, 1.807) is 26.3 Å². The molecule has 0 fully saturated rings. The van der Waals surface area contributed by atoms with Gasteiger partial charge in [0, 0.05) is 18.8 Å². The van der Waals surface area contributed by atoms with Gasteiger partial charge in [0.15, 0.2) is 5.69 Å². The minimum Gasteiger partial charge on any atom is -0.481 e. The second-order valence-electron chi connectivity index (χ2n) is 6.10. The van der Waals surface area contributed by atoms with Crippen LogP contribution in [0.15, 0.2) is 36.5 Å². The lowest BCUT2D eigenvalue weighted by Gasteiger charge is -2.06. The first kappa shape index (κ1) is 17.6. The first-order chi connectivity index (χ1) is 12.5. The molecule has 3 aromatic rings. The molecule has 0 saturated carbocycles. The number of amides is 1. The molecular weight excluding hydrogens is 330 g/mol. The van der Waals surface area contributed by atoms with E-state index in [1.165, 1.54) is 10.4 Å². The summed E-state index contributed by atoms with van der Waals surface area (Å²) in [6, 6.07) is 9.61. The van der Waals surface area contributed by atoms with Crippen LogP contribution in [0.2, 0.25) is 0 Å². The number of hydrogen-bond acceptors (Lipinski definition) is 5. The summed E-state index contributed by atoms with van der Waals surface area (Å²) in [6.45, 7) is 6.16. The van der Waals surface area contributed by atoms with Crippen LogP contribution in [-0.4, -0.2) is 33.0 Å². The zero-order valence-corrected chi connectivity index (χ0v) is 15.3. The molecule has 2 aromatic heterocycles. The van der Waals surface area contributed by atoms with Crippen LogP contribution in [0.3, 0.4) is 0 Å². The van der Waals surface area contributed by atoms with Crippen LogP contribution in [0.4, 0.5) is 0 Å². The van der Waals surface area contributed by atoms with Gasteiger partial charge in [-0.25, -0.2) is 4.98 Å². The summed E-state index contributed by atoms with van der Waals surface area (Å²) in [5.74, 6) is 0.239. The maximum Gasteiger partial charge on any atom is 0.274 e. The maximum absolute atomic E-state index is 12.5. The molecule has 3 rings (SSSR count). The Hall–Kier alpha value is -3.22. The summed E-state index contributed by atoms with van der Waals surface area (Å²) in [5, 5.41) is 11.6. The monoisotopic (exact) mass is 351 g/mol. The third-order valence-electron chi connectivity index (χ3n) is 4.03. The largest absolute Gasteiger partial charge is 0.481 e. The summed E-state index contributed by atoms with van der Waals surface area (Å²) >= 11 is 0. The lowest BCUT2D eigenvalue weighted by atomic mass is 10.1. The van der Waals surface area contributed by atoms with Crippen molar-refractivity contribution in [3.05, 3.63) is 64.6 Å². The van der Waals surface area contributed by atoms with Gasteiger partial charge in [-0.3, -0.25) is 4.79 Å². The first-order valence-electron chi connectivity index (χ1n) is 8.26. The van der Waals surface area contributed by atoms with Gasteiger partial charge >= 0.3 is 0 Å². The second-order valence-corrected chi connectivity index (χ2v) is 6.10. The number of nitrogens with one attached hydrogen (secondary N) is 1. The SMILES string of the molecule is COc1cc(CNC(=O)c2nn(-c3ccc(C)cc3C)nc2C)ccn1. The van der Waals surface area contributed by atoms with E-state index < -0.39 is 0 Å². The molecule has 26 heavy (non-hydrogen) atoms. The van der Waals surface area contributed by atoms with Gasteiger partial charge in [0.25, 0.3) is 5.91 Å². The van der Waals surface area contributed by atoms with E-state index >= 15 is 0 Å². The Morgan fingerprint density at radius 2 is 1.96 bits per heavy atom. The number of ether oxygens (including phenoxy) is 1. The third-order valence-corrected chi connectivity index (χ3v) is 4.03. The summed E-state index contributed by atoms with van der Waals surface area (Å²) < 4.78 is 5.09. The average Bonchev–Trinajstić information content (AvgIpc) is 3.01. The van der Waals surface area contributed by atoms with Crippen molar-refractivity contribution < 1.29 is 9.53 Å². The van der Waals surface area contributed by atoms with Crippen molar-refractivity contribution in [1.29, 1.82) is 0 Å². The molecule has 0 atom stereocenters. The quantitative estimate of drug-likeness (QED) is 0.764. The first-order valence-corrected chi connectivity index (χ1v) is 8.26. The van der Waals surface area contributed by atoms with Gasteiger partial charge in [0.05, 0.1) is 18.5 Å². The average molecular weight is 351 g/mol. The highest BCUT2D eigenvalue weighted by molar-refractivity contribution is 5.93. The van der Waals surface area contributed by atoms with Gasteiger partial charge in [0.1, 0.15) is 0 Å². The molecule has 0 aliphatic carbocycles. The second kappa shape index (κ2) is 7.35. The summed E-state index contributed by atoms with van der Waals surface area (Å²) in [6.07, 6.45) is 1.64. The number of benzene rings is 1. The molecular formula is C19H21N5O2. The molecule has 7 nitrogen and oxygen atoms in total. The van der Waals surface area contributed by atoms with Crippen molar-refractivity contribution in [3.63, 3.8) is 0 Å².